The van der Waals surface area contributed by atoms with E-state index in [0.29, 0.717) is 0 Å². The molecule has 0 aliphatic rings. The van der Waals surface area contributed by atoms with E-state index in [9.17, 15) is 0 Å². The average molecular weight is 237 g/mol. The van der Waals surface area contributed by atoms with E-state index in [1.54, 1.807) is 0 Å². The van der Waals surface area contributed by atoms with Gasteiger partial charge < -0.3 is 4.90 Å². The summed E-state index contributed by atoms with van der Waals surface area (Å²) in [6.07, 6.45) is 0. The van der Waals surface area contributed by atoms with Gasteiger partial charge in [-0.25, -0.2) is 0 Å². The first kappa shape index (κ1) is 14.4. The Morgan fingerprint density at radius 2 is 1.22 bits per heavy atom. The van der Waals surface area contributed by atoms with Gasteiger partial charge in [-0.15, -0.1) is 0 Å². The van der Waals surface area contributed by atoms with E-state index in [4.69, 9.17) is 7.85 Å². The number of hydrogen-bond acceptors (Lipinski definition) is 1. The molecular formula is C16H20BN. The molecule has 0 fully saturated rings. The van der Waals surface area contributed by atoms with Gasteiger partial charge in [0.15, 0.2) is 0 Å². The van der Waals surface area contributed by atoms with Gasteiger partial charge in [0.25, 0.3) is 0 Å². The summed E-state index contributed by atoms with van der Waals surface area (Å²) in [5.74, 6) is 0. The summed E-state index contributed by atoms with van der Waals surface area (Å²) in [4.78, 5) is 2.33. The van der Waals surface area contributed by atoms with Crippen LogP contribution in [0.2, 0.25) is 0 Å². The maximum atomic E-state index is 5.36. The topological polar surface area (TPSA) is 3.24 Å². The fourth-order valence-electron chi connectivity index (χ4n) is 1.68. The Morgan fingerprint density at radius 1 is 0.778 bits per heavy atom. The first-order valence-corrected chi connectivity index (χ1v) is 6.38. The van der Waals surface area contributed by atoms with Crippen LogP contribution >= 0.6 is 0 Å². The van der Waals surface area contributed by atoms with Crippen molar-refractivity contribution < 1.29 is 0 Å². The maximum absolute atomic E-state index is 5.36. The molecule has 0 N–H and O–H groups in total. The predicted octanol–water partition coefficient (Wildman–Crippen LogP) is 3.01. The molecule has 2 aromatic rings. The number of nitrogens with zero attached hydrogens (tertiary/aromatic N) is 1. The molecule has 18 heavy (non-hydrogen) atoms. The van der Waals surface area contributed by atoms with Crippen molar-refractivity contribution in [3.8, 4) is 0 Å². The van der Waals surface area contributed by atoms with Gasteiger partial charge in [-0.3, -0.25) is 0 Å². The molecule has 0 aromatic heterocycles. The second kappa shape index (κ2) is 8.40. The third kappa shape index (κ3) is 5.09. The van der Waals surface area contributed by atoms with Crippen LogP contribution in [-0.2, 0) is 0 Å². The molecule has 0 unspecified atom stereocenters. The minimum Gasteiger partial charge on any atom is -0.372 e. The molecule has 0 saturated heterocycles. The van der Waals surface area contributed by atoms with Crippen LogP contribution in [0.4, 0.5) is 5.69 Å². The lowest BCUT2D eigenvalue weighted by molar-refractivity contribution is 0.866. The lowest BCUT2D eigenvalue weighted by Crippen LogP contribution is -2.21. The van der Waals surface area contributed by atoms with Crippen LogP contribution in [0.15, 0.2) is 60.7 Å². The summed E-state index contributed by atoms with van der Waals surface area (Å²) in [6.45, 7) is 6.52. The maximum Gasteiger partial charge on any atom is 0.113 e. The number of rotatable bonds is 3. The molecular weight excluding hydrogens is 217 g/mol. The molecule has 0 aliphatic carbocycles. The SMILES string of the molecule is CCN(CC)c1ccccc1.[B]c1ccccc1. The molecule has 2 radical (unpaired) electrons. The predicted molar refractivity (Wildman–Crippen MR) is 81.8 cm³/mol. The summed E-state index contributed by atoms with van der Waals surface area (Å²) >= 11 is 0. The van der Waals surface area contributed by atoms with Gasteiger partial charge in [-0.1, -0.05) is 54.0 Å². The van der Waals surface area contributed by atoms with Crippen molar-refractivity contribution in [2.75, 3.05) is 18.0 Å². The third-order valence-corrected chi connectivity index (χ3v) is 2.68. The Labute approximate surface area is 112 Å². The first-order chi connectivity index (χ1) is 8.77. The first-order valence-electron chi connectivity index (χ1n) is 6.38. The molecule has 1 nitrogen and oxygen atoms in total. The minimum absolute atomic E-state index is 0.822. The Hall–Kier alpha value is -1.70. The lowest BCUT2D eigenvalue weighted by Gasteiger charge is -2.20. The fraction of sp³-hybridized carbons (Fsp3) is 0.250. The van der Waals surface area contributed by atoms with Crippen LogP contribution in [0.25, 0.3) is 0 Å². The van der Waals surface area contributed by atoms with Gasteiger partial charge in [0.1, 0.15) is 7.85 Å². The van der Waals surface area contributed by atoms with E-state index < -0.39 is 0 Å². The van der Waals surface area contributed by atoms with Gasteiger partial charge >= 0.3 is 0 Å². The van der Waals surface area contributed by atoms with E-state index in [1.807, 2.05) is 36.4 Å². The Balaban J connectivity index is 0.000000199. The quantitative estimate of drug-likeness (QED) is 0.741. The number of benzene rings is 2. The highest BCUT2D eigenvalue weighted by Gasteiger charge is 1.97. The van der Waals surface area contributed by atoms with Gasteiger partial charge in [0, 0.05) is 18.8 Å². The van der Waals surface area contributed by atoms with Crippen LogP contribution in [0, 0.1) is 0 Å². The molecule has 2 aromatic carbocycles. The van der Waals surface area contributed by atoms with E-state index in [-0.39, 0.29) is 0 Å². The minimum atomic E-state index is 0.822. The molecule has 0 heterocycles. The Bertz CT molecular complexity index is 410. The van der Waals surface area contributed by atoms with Crippen molar-refractivity contribution >= 4 is 19.0 Å². The molecule has 0 amide bonds. The van der Waals surface area contributed by atoms with Gasteiger partial charge in [0.05, 0.1) is 0 Å². The number of anilines is 1. The third-order valence-electron chi connectivity index (χ3n) is 2.68. The highest BCUT2D eigenvalue weighted by molar-refractivity contribution is 6.32. The number of para-hydroxylation sites is 1. The van der Waals surface area contributed by atoms with E-state index in [0.717, 1.165) is 18.6 Å². The summed E-state index contributed by atoms with van der Waals surface area (Å²) in [7, 11) is 5.36. The summed E-state index contributed by atoms with van der Waals surface area (Å²) in [5, 5.41) is 0. The van der Waals surface area contributed by atoms with Crippen molar-refractivity contribution in [2.24, 2.45) is 0 Å². The normalized spacial score (nSPS) is 9.22. The van der Waals surface area contributed by atoms with Gasteiger partial charge in [0.2, 0.25) is 0 Å². The molecule has 0 saturated carbocycles. The molecule has 0 spiro atoms. The van der Waals surface area contributed by atoms with Crippen molar-refractivity contribution in [3.05, 3.63) is 60.7 Å². The van der Waals surface area contributed by atoms with Crippen molar-refractivity contribution in [2.45, 2.75) is 13.8 Å². The van der Waals surface area contributed by atoms with Crippen LogP contribution in [0.3, 0.4) is 0 Å². The van der Waals surface area contributed by atoms with Crippen LogP contribution in [0.1, 0.15) is 13.8 Å². The van der Waals surface area contributed by atoms with E-state index in [1.165, 1.54) is 5.69 Å². The summed E-state index contributed by atoms with van der Waals surface area (Å²) < 4.78 is 0. The smallest absolute Gasteiger partial charge is 0.113 e. The van der Waals surface area contributed by atoms with Crippen molar-refractivity contribution in [1.29, 1.82) is 0 Å². The van der Waals surface area contributed by atoms with Gasteiger partial charge in [-0.2, -0.15) is 0 Å². The van der Waals surface area contributed by atoms with Crippen molar-refractivity contribution in [3.63, 3.8) is 0 Å². The molecule has 0 aliphatic heterocycles. The molecule has 0 bridgehead atoms. The monoisotopic (exact) mass is 237 g/mol. The summed E-state index contributed by atoms with van der Waals surface area (Å²) in [6, 6.07) is 20.0. The zero-order chi connectivity index (χ0) is 13.2. The van der Waals surface area contributed by atoms with Crippen LogP contribution < -0.4 is 10.4 Å². The van der Waals surface area contributed by atoms with E-state index >= 15 is 0 Å². The molecule has 2 heteroatoms. The highest BCUT2D eigenvalue weighted by Crippen LogP contribution is 2.11. The van der Waals surface area contributed by atoms with Crippen LogP contribution in [-0.4, -0.2) is 20.9 Å². The van der Waals surface area contributed by atoms with Gasteiger partial charge in [-0.05, 0) is 26.0 Å². The number of hydrogen-bond donors (Lipinski definition) is 0. The van der Waals surface area contributed by atoms with Crippen LogP contribution in [0.5, 0.6) is 0 Å². The summed E-state index contributed by atoms with van der Waals surface area (Å²) in [5.41, 5.74) is 2.14. The second-order valence-electron chi connectivity index (χ2n) is 3.92. The Kier molecular flexibility index (Phi) is 6.71. The van der Waals surface area contributed by atoms with E-state index in [2.05, 4.69) is 43.0 Å². The lowest BCUT2D eigenvalue weighted by atomic mass is 9.97. The second-order valence-corrected chi connectivity index (χ2v) is 3.92. The molecule has 2 rings (SSSR count). The van der Waals surface area contributed by atoms with Crippen molar-refractivity contribution in [1.82, 2.24) is 0 Å². The zero-order valence-corrected chi connectivity index (χ0v) is 11.2. The largest absolute Gasteiger partial charge is 0.372 e. The molecule has 0 atom stereocenters. The zero-order valence-electron chi connectivity index (χ0n) is 11.2. The highest BCUT2D eigenvalue weighted by atomic mass is 15.1. The average Bonchev–Trinajstić information content (AvgIpc) is 2.43. The standard InChI is InChI=1S/C10H15N.C6H5B/c1-3-11(4-2)10-8-6-5-7-9-10;7-6-4-2-1-3-5-6/h5-9H,3-4H2,1-2H3;1-5H. The fourth-order valence-corrected chi connectivity index (χ4v) is 1.68. The molecule has 92 valence electrons. The Morgan fingerprint density at radius 3 is 1.56 bits per heavy atom.